The third kappa shape index (κ3) is 0.918. The van der Waals surface area contributed by atoms with Crippen LogP contribution in [-0.2, 0) is 4.79 Å². The molecule has 2 rings (SSSR count). The third-order valence-corrected chi connectivity index (χ3v) is 4.96. The number of carboxylic acids is 1. The molecule has 2 bridgehead atoms. The SMILES string of the molecule is CC1(C)[C@@H]2CC[C@@]1(C)C[C@@H]2C(=O)O. The maximum absolute atomic E-state index is 11.0. The highest BCUT2D eigenvalue weighted by Gasteiger charge is 2.62. The summed E-state index contributed by atoms with van der Waals surface area (Å²) in [5.41, 5.74) is 0.511. The second-order valence-corrected chi connectivity index (χ2v) is 5.58. The maximum Gasteiger partial charge on any atom is 0.306 e. The molecule has 2 saturated carbocycles. The summed E-state index contributed by atoms with van der Waals surface area (Å²) in [6.45, 7) is 6.75. The van der Waals surface area contributed by atoms with Crippen molar-refractivity contribution < 1.29 is 9.90 Å². The molecule has 0 saturated heterocycles. The van der Waals surface area contributed by atoms with Gasteiger partial charge < -0.3 is 5.11 Å². The first-order valence-electron chi connectivity index (χ1n) is 5.11. The first-order chi connectivity index (χ1) is 5.88. The first kappa shape index (κ1) is 9.04. The van der Waals surface area contributed by atoms with Crippen LogP contribution in [-0.4, -0.2) is 11.1 Å². The lowest BCUT2D eigenvalue weighted by Crippen LogP contribution is -2.26. The zero-order chi connectivity index (χ0) is 9.85. The molecular weight excluding hydrogens is 164 g/mol. The molecule has 0 radical (unpaired) electrons. The molecule has 0 aromatic carbocycles. The van der Waals surface area contributed by atoms with Crippen molar-refractivity contribution in [3.63, 3.8) is 0 Å². The first-order valence-corrected chi connectivity index (χ1v) is 5.11. The molecule has 0 spiro atoms. The van der Waals surface area contributed by atoms with Crippen molar-refractivity contribution in [1.82, 2.24) is 0 Å². The lowest BCUT2D eigenvalue weighted by Gasteiger charge is -2.34. The van der Waals surface area contributed by atoms with Crippen LogP contribution in [0.1, 0.15) is 40.0 Å². The van der Waals surface area contributed by atoms with Crippen LogP contribution in [0, 0.1) is 22.7 Å². The van der Waals surface area contributed by atoms with Crippen molar-refractivity contribution in [3.8, 4) is 0 Å². The molecule has 0 aromatic rings. The van der Waals surface area contributed by atoms with E-state index in [2.05, 4.69) is 20.8 Å². The van der Waals surface area contributed by atoms with E-state index in [1.54, 1.807) is 0 Å². The van der Waals surface area contributed by atoms with Crippen LogP contribution in [0.15, 0.2) is 0 Å². The van der Waals surface area contributed by atoms with Gasteiger partial charge in [0.2, 0.25) is 0 Å². The van der Waals surface area contributed by atoms with Gasteiger partial charge in [0, 0.05) is 0 Å². The van der Waals surface area contributed by atoms with Gasteiger partial charge in [-0.15, -0.1) is 0 Å². The Hall–Kier alpha value is -0.530. The molecule has 0 amide bonds. The Morgan fingerprint density at radius 1 is 1.38 bits per heavy atom. The summed E-state index contributed by atoms with van der Waals surface area (Å²) in [5, 5.41) is 9.08. The van der Waals surface area contributed by atoms with Gasteiger partial charge in [-0.1, -0.05) is 20.8 Å². The predicted octanol–water partition coefficient (Wildman–Crippen LogP) is 2.53. The van der Waals surface area contributed by atoms with E-state index >= 15 is 0 Å². The van der Waals surface area contributed by atoms with E-state index in [1.807, 2.05) is 0 Å². The van der Waals surface area contributed by atoms with Crippen LogP contribution in [0.5, 0.6) is 0 Å². The molecule has 3 atom stereocenters. The number of fused-ring (bicyclic) bond motifs is 2. The van der Waals surface area contributed by atoms with Gasteiger partial charge in [0.25, 0.3) is 0 Å². The van der Waals surface area contributed by atoms with Crippen molar-refractivity contribution in [2.24, 2.45) is 22.7 Å². The fraction of sp³-hybridized carbons (Fsp3) is 0.909. The Morgan fingerprint density at radius 2 is 2.00 bits per heavy atom. The second kappa shape index (κ2) is 2.28. The van der Waals surface area contributed by atoms with E-state index in [1.165, 1.54) is 6.42 Å². The average Bonchev–Trinajstić information content (AvgIpc) is 2.34. The fourth-order valence-corrected chi connectivity index (χ4v) is 3.56. The largest absolute Gasteiger partial charge is 0.481 e. The van der Waals surface area contributed by atoms with Crippen molar-refractivity contribution in [3.05, 3.63) is 0 Å². The smallest absolute Gasteiger partial charge is 0.306 e. The van der Waals surface area contributed by atoms with Gasteiger partial charge in [0.05, 0.1) is 5.92 Å². The molecular formula is C11H18O2. The summed E-state index contributed by atoms with van der Waals surface area (Å²) in [5.74, 6) is -0.245. The van der Waals surface area contributed by atoms with E-state index in [-0.39, 0.29) is 16.7 Å². The Morgan fingerprint density at radius 3 is 2.23 bits per heavy atom. The number of rotatable bonds is 1. The molecule has 2 heteroatoms. The molecule has 0 heterocycles. The van der Waals surface area contributed by atoms with E-state index < -0.39 is 5.97 Å². The standard InChI is InChI=1S/C11H18O2/c1-10(2)8-4-5-11(10,3)6-7(8)9(12)13/h7-8H,4-6H2,1-3H3,(H,12,13)/t7-,8+,11-/m0/s1. The van der Waals surface area contributed by atoms with Crippen molar-refractivity contribution in [2.75, 3.05) is 0 Å². The summed E-state index contributed by atoms with van der Waals surface area (Å²) in [7, 11) is 0. The summed E-state index contributed by atoms with van der Waals surface area (Å²) in [4.78, 5) is 11.0. The van der Waals surface area contributed by atoms with Crippen LogP contribution in [0.2, 0.25) is 0 Å². The Labute approximate surface area is 79.3 Å². The van der Waals surface area contributed by atoms with Crippen LogP contribution < -0.4 is 0 Å². The molecule has 2 nitrogen and oxygen atoms in total. The number of aliphatic carboxylic acids is 1. The Kier molecular flexibility index (Phi) is 1.59. The summed E-state index contributed by atoms with van der Waals surface area (Å²) in [6, 6.07) is 0. The predicted molar refractivity (Wildman–Crippen MR) is 50.4 cm³/mol. The van der Waals surface area contributed by atoms with E-state index in [0.29, 0.717) is 5.92 Å². The molecule has 2 fully saturated rings. The van der Waals surface area contributed by atoms with Crippen LogP contribution in [0.25, 0.3) is 0 Å². The van der Waals surface area contributed by atoms with E-state index in [9.17, 15) is 4.79 Å². The van der Waals surface area contributed by atoms with Gasteiger partial charge in [-0.25, -0.2) is 0 Å². The van der Waals surface area contributed by atoms with Gasteiger partial charge in [0.15, 0.2) is 0 Å². The van der Waals surface area contributed by atoms with Crippen molar-refractivity contribution >= 4 is 5.97 Å². The highest BCUT2D eigenvalue weighted by molar-refractivity contribution is 5.71. The lowest BCUT2D eigenvalue weighted by molar-refractivity contribution is -0.144. The van der Waals surface area contributed by atoms with Crippen LogP contribution in [0.3, 0.4) is 0 Å². The maximum atomic E-state index is 11.0. The monoisotopic (exact) mass is 182 g/mol. The van der Waals surface area contributed by atoms with Gasteiger partial charge in [-0.05, 0) is 36.0 Å². The molecule has 1 N–H and O–H groups in total. The quantitative estimate of drug-likeness (QED) is 0.676. The van der Waals surface area contributed by atoms with Gasteiger partial charge in [-0.3, -0.25) is 4.79 Å². The molecule has 0 aliphatic heterocycles. The number of hydrogen-bond acceptors (Lipinski definition) is 1. The third-order valence-electron chi connectivity index (χ3n) is 4.96. The number of carbonyl (C=O) groups is 1. The number of carboxylic acid groups (broad SMARTS) is 1. The topological polar surface area (TPSA) is 37.3 Å². The minimum atomic E-state index is -0.582. The molecule has 0 aromatic heterocycles. The zero-order valence-corrected chi connectivity index (χ0v) is 8.63. The molecule has 0 unspecified atom stereocenters. The van der Waals surface area contributed by atoms with Gasteiger partial charge in [0.1, 0.15) is 0 Å². The van der Waals surface area contributed by atoms with E-state index in [4.69, 9.17) is 5.11 Å². The summed E-state index contributed by atoms with van der Waals surface area (Å²) >= 11 is 0. The minimum absolute atomic E-state index is 0.0752. The zero-order valence-electron chi connectivity index (χ0n) is 8.63. The lowest BCUT2D eigenvalue weighted by atomic mass is 9.71. The molecule has 2 aliphatic carbocycles. The Bertz CT molecular complexity index is 254. The van der Waals surface area contributed by atoms with E-state index in [0.717, 1.165) is 12.8 Å². The average molecular weight is 182 g/mol. The summed E-state index contributed by atoms with van der Waals surface area (Å²) < 4.78 is 0. The summed E-state index contributed by atoms with van der Waals surface area (Å²) in [6.07, 6.45) is 3.22. The molecule has 74 valence electrons. The highest BCUT2D eigenvalue weighted by atomic mass is 16.4. The van der Waals surface area contributed by atoms with Crippen molar-refractivity contribution in [1.29, 1.82) is 0 Å². The molecule has 2 aliphatic rings. The number of hydrogen-bond donors (Lipinski definition) is 1. The van der Waals surface area contributed by atoms with Crippen LogP contribution in [0.4, 0.5) is 0 Å². The normalized spacial score (nSPS) is 46.7. The molecule has 13 heavy (non-hydrogen) atoms. The van der Waals surface area contributed by atoms with Gasteiger partial charge >= 0.3 is 5.97 Å². The van der Waals surface area contributed by atoms with Gasteiger partial charge in [-0.2, -0.15) is 0 Å². The second-order valence-electron chi connectivity index (χ2n) is 5.58. The Balaban J connectivity index is 2.34. The fourth-order valence-electron chi connectivity index (χ4n) is 3.56. The highest BCUT2D eigenvalue weighted by Crippen LogP contribution is 2.67. The van der Waals surface area contributed by atoms with Crippen molar-refractivity contribution in [2.45, 2.75) is 40.0 Å². The minimum Gasteiger partial charge on any atom is -0.481 e. The van der Waals surface area contributed by atoms with Crippen LogP contribution >= 0.6 is 0 Å².